The second-order valence-electron chi connectivity index (χ2n) is 5.47. The number of nitrogens with zero attached hydrogens (tertiary/aromatic N) is 1. The molecule has 0 aromatic carbocycles. The molecular weight excluding hydrogens is 260 g/mol. The number of aliphatic hydroxyl groups excluding tert-OH is 1. The Kier molecular flexibility index (Phi) is 3.86. The van der Waals surface area contributed by atoms with Gasteiger partial charge in [-0.25, -0.2) is 0 Å². The van der Waals surface area contributed by atoms with Gasteiger partial charge in [-0.3, -0.25) is 4.79 Å². The standard InChI is InChI=1S/C14H20N2O2S/c17-12(10-1-2-10)7-15-8-14(18)16-5-3-13-11(9-16)4-6-19-13/h4,6,10,12,15,17H,1-3,5,7-9H2. The molecule has 1 saturated carbocycles. The highest BCUT2D eigenvalue weighted by Crippen LogP contribution is 2.32. The van der Waals surface area contributed by atoms with Crippen molar-refractivity contribution in [2.45, 2.75) is 31.9 Å². The largest absolute Gasteiger partial charge is 0.392 e. The van der Waals surface area contributed by atoms with Gasteiger partial charge in [0.1, 0.15) is 0 Å². The van der Waals surface area contributed by atoms with Crippen LogP contribution in [0.1, 0.15) is 23.3 Å². The molecule has 5 heteroatoms. The summed E-state index contributed by atoms with van der Waals surface area (Å²) < 4.78 is 0. The minimum absolute atomic E-state index is 0.139. The third kappa shape index (κ3) is 3.16. The summed E-state index contributed by atoms with van der Waals surface area (Å²) in [5.74, 6) is 0.603. The van der Waals surface area contributed by atoms with Crippen molar-refractivity contribution in [3.05, 3.63) is 21.9 Å². The molecule has 19 heavy (non-hydrogen) atoms. The van der Waals surface area contributed by atoms with E-state index in [9.17, 15) is 9.90 Å². The van der Waals surface area contributed by atoms with Gasteiger partial charge in [-0.05, 0) is 42.2 Å². The van der Waals surface area contributed by atoms with Crippen LogP contribution in [0.2, 0.25) is 0 Å². The minimum atomic E-state index is -0.280. The number of aliphatic hydroxyl groups is 1. The monoisotopic (exact) mass is 280 g/mol. The molecule has 1 amide bonds. The van der Waals surface area contributed by atoms with E-state index in [0.29, 0.717) is 19.0 Å². The summed E-state index contributed by atoms with van der Waals surface area (Å²) >= 11 is 1.78. The SMILES string of the molecule is O=C(CNCC(O)C1CC1)N1CCc2sccc2C1. The van der Waals surface area contributed by atoms with Crippen LogP contribution in [0.4, 0.5) is 0 Å². The van der Waals surface area contributed by atoms with Gasteiger partial charge in [-0.2, -0.15) is 0 Å². The molecule has 2 aliphatic rings. The summed E-state index contributed by atoms with van der Waals surface area (Å²) in [5, 5.41) is 14.9. The van der Waals surface area contributed by atoms with Crippen LogP contribution in [0.15, 0.2) is 11.4 Å². The van der Waals surface area contributed by atoms with Crippen LogP contribution in [0.3, 0.4) is 0 Å². The molecule has 2 N–H and O–H groups in total. The lowest BCUT2D eigenvalue weighted by Gasteiger charge is -2.27. The van der Waals surface area contributed by atoms with Crippen molar-refractivity contribution in [3.8, 4) is 0 Å². The molecule has 0 radical (unpaired) electrons. The van der Waals surface area contributed by atoms with Crippen LogP contribution < -0.4 is 5.32 Å². The van der Waals surface area contributed by atoms with E-state index in [1.54, 1.807) is 11.3 Å². The number of thiophene rings is 1. The van der Waals surface area contributed by atoms with Gasteiger partial charge in [-0.1, -0.05) is 0 Å². The number of fused-ring (bicyclic) bond motifs is 1. The quantitative estimate of drug-likeness (QED) is 0.846. The number of amides is 1. The van der Waals surface area contributed by atoms with Gasteiger partial charge in [0.2, 0.25) is 5.91 Å². The van der Waals surface area contributed by atoms with E-state index in [1.165, 1.54) is 10.4 Å². The van der Waals surface area contributed by atoms with E-state index < -0.39 is 0 Å². The zero-order valence-corrected chi connectivity index (χ0v) is 11.8. The second kappa shape index (κ2) is 5.61. The van der Waals surface area contributed by atoms with Gasteiger partial charge >= 0.3 is 0 Å². The maximum atomic E-state index is 12.1. The number of hydrogen-bond donors (Lipinski definition) is 2. The third-order valence-electron chi connectivity index (χ3n) is 3.96. The second-order valence-corrected chi connectivity index (χ2v) is 6.47. The molecule has 2 heterocycles. The first-order valence-corrected chi connectivity index (χ1v) is 7.84. The highest BCUT2D eigenvalue weighted by molar-refractivity contribution is 7.10. The number of carbonyl (C=O) groups is 1. The van der Waals surface area contributed by atoms with Crippen LogP contribution in [0, 0.1) is 5.92 Å². The van der Waals surface area contributed by atoms with E-state index in [0.717, 1.165) is 32.4 Å². The lowest BCUT2D eigenvalue weighted by atomic mass is 10.1. The molecule has 1 aliphatic carbocycles. The minimum Gasteiger partial charge on any atom is -0.392 e. The van der Waals surface area contributed by atoms with Gasteiger partial charge < -0.3 is 15.3 Å². The van der Waals surface area contributed by atoms with Gasteiger partial charge in [0, 0.05) is 24.5 Å². The van der Waals surface area contributed by atoms with Crippen molar-refractivity contribution >= 4 is 17.2 Å². The zero-order valence-electron chi connectivity index (χ0n) is 11.0. The Bertz CT molecular complexity index is 456. The molecule has 4 nitrogen and oxygen atoms in total. The van der Waals surface area contributed by atoms with Gasteiger partial charge in [0.25, 0.3) is 0 Å². The van der Waals surface area contributed by atoms with Crippen LogP contribution in [-0.4, -0.2) is 41.7 Å². The Labute approximate surface area is 117 Å². The Morgan fingerprint density at radius 2 is 2.42 bits per heavy atom. The Morgan fingerprint density at radius 1 is 1.58 bits per heavy atom. The molecule has 0 bridgehead atoms. The van der Waals surface area contributed by atoms with Crippen molar-refractivity contribution < 1.29 is 9.90 Å². The lowest BCUT2D eigenvalue weighted by molar-refractivity contribution is -0.131. The lowest BCUT2D eigenvalue weighted by Crippen LogP contribution is -2.42. The van der Waals surface area contributed by atoms with Crippen molar-refractivity contribution in [1.82, 2.24) is 10.2 Å². The predicted molar refractivity (Wildman–Crippen MR) is 75.0 cm³/mol. The molecule has 0 spiro atoms. The molecular formula is C14H20N2O2S. The van der Waals surface area contributed by atoms with Crippen molar-refractivity contribution in [2.24, 2.45) is 5.92 Å². The van der Waals surface area contributed by atoms with E-state index in [2.05, 4.69) is 16.8 Å². The summed E-state index contributed by atoms with van der Waals surface area (Å²) in [5.41, 5.74) is 1.29. The fourth-order valence-electron chi connectivity index (χ4n) is 2.55. The van der Waals surface area contributed by atoms with Crippen LogP contribution in [-0.2, 0) is 17.8 Å². The Balaban J connectivity index is 1.43. The van der Waals surface area contributed by atoms with Crippen LogP contribution >= 0.6 is 11.3 Å². The summed E-state index contributed by atoms with van der Waals surface area (Å²) in [6.45, 7) is 2.43. The van der Waals surface area contributed by atoms with Gasteiger partial charge in [0.05, 0.1) is 12.6 Å². The van der Waals surface area contributed by atoms with Crippen LogP contribution in [0.5, 0.6) is 0 Å². The predicted octanol–water partition coefficient (Wildman–Crippen LogP) is 0.993. The molecule has 1 fully saturated rings. The van der Waals surface area contributed by atoms with Crippen molar-refractivity contribution in [3.63, 3.8) is 0 Å². The van der Waals surface area contributed by atoms with E-state index in [1.807, 2.05) is 4.90 Å². The molecule has 1 aromatic rings. The first-order valence-electron chi connectivity index (χ1n) is 6.96. The maximum absolute atomic E-state index is 12.1. The Hall–Kier alpha value is -0.910. The highest BCUT2D eigenvalue weighted by atomic mass is 32.1. The zero-order chi connectivity index (χ0) is 13.2. The Morgan fingerprint density at radius 3 is 3.21 bits per heavy atom. The third-order valence-corrected chi connectivity index (χ3v) is 4.98. The van der Waals surface area contributed by atoms with Crippen molar-refractivity contribution in [2.75, 3.05) is 19.6 Å². The summed E-state index contributed by atoms with van der Waals surface area (Å²) in [7, 11) is 0. The van der Waals surface area contributed by atoms with Gasteiger partial charge in [-0.15, -0.1) is 11.3 Å². The molecule has 0 saturated heterocycles. The van der Waals surface area contributed by atoms with E-state index >= 15 is 0 Å². The first-order chi connectivity index (χ1) is 9.24. The smallest absolute Gasteiger partial charge is 0.236 e. The van der Waals surface area contributed by atoms with E-state index in [4.69, 9.17) is 0 Å². The molecule has 1 aromatic heterocycles. The molecule has 104 valence electrons. The van der Waals surface area contributed by atoms with Crippen molar-refractivity contribution in [1.29, 1.82) is 0 Å². The summed E-state index contributed by atoms with van der Waals surface area (Å²) in [4.78, 5) is 15.4. The first kappa shape index (κ1) is 13.1. The van der Waals surface area contributed by atoms with Crippen LogP contribution in [0.25, 0.3) is 0 Å². The number of rotatable bonds is 5. The average Bonchev–Trinajstić information content (AvgIpc) is 3.16. The topological polar surface area (TPSA) is 52.6 Å². The molecule has 1 unspecified atom stereocenters. The molecule has 1 aliphatic heterocycles. The summed E-state index contributed by atoms with van der Waals surface area (Å²) in [6.07, 6.45) is 2.95. The number of carbonyl (C=O) groups excluding carboxylic acids is 1. The fourth-order valence-corrected chi connectivity index (χ4v) is 3.44. The average molecular weight is 280 g/mol. The molecule has 1 atom stereocenters. The fraction of sp³-hybridized carbons (Fsp3) is 0.643. The normalized spacial score (nSPS) is 20.2. The van der Waals surface area contributed by atoms with E-state index in [-0.39, 0.29) is 12.0 Å². The highest BCUT2D eigenvalue weighted by Gasteiger charge is 2.29. The number of nitrogens with one attached hydrogen (secondary N) is 1. The van der Waals surface area contributed by atoms with Gasteiger partial charge in [0.15, 0.2) is 0 Å². The molecule has 3 rings (SSSR count). The maximum Gasteiger partial charge on any atom is 0.236 e. The number of hydrogen-bond acceptors (Lipinski definition) is 4. The summed E-state index contributed by atoms with van der Waals surface area (Å²) in [6, 6.07) is 2.11.